The van der Waals surface area contributed by atoms with Crippen LogP contribution < -0.4 is 15.5 Å². The molecule has 8 heteroatoms. The van der Waals surface area contributed by atoms with Gasteiger partial charge in [0.25, 0.3) is 0 Å². The number of hydrogen-bond donors (Lipinski definition) is 2. The van der Waals surface area contributed by atoms with Crippen LogP contribution in [-0.4, -0.2) is 51.6 Å². The van der Waals surface area contributed by atoms with Gasteiger partial charge in [-0.25, -0.2) is 15.0 Å². The van der Waals surface area contributed by atoms with E-state index in [9.17, 15) is 4.79 Å². The van der Waals surface area contributed by atoms with Crippen molar-refractivity contribution in [3.63, 3.8) is 0 Å². The van der Waals surface area contributed by atoms with E-state index in [1.165, 1.54) is 0 Å². The van der Waals surface area contributed by atoms with Gasteiger partial charge in [0.15, 0.2) is 0 Å². The summed E-state index contributed by atoms with van der Waals surface area (Å²) >= 11 is 0. The lowest BCUT2D eigenvalue weighted by atomic mass is 9.97. The van der Waals surface area contributed by atoms with Crippen molar-refractivity contribution in [1.29, 1.82) is 0 Å². The number of amides is 1. The van der Waals surface area contributed by atoms with E-state index in [0.717, 1.165) is 61.7 Å². The zero-order chi connectivity index (χ0) is 20.7. The number of anilines is 2. The van der Waals surface area contributed by atoms with E-state index < -0.39 is 0 Å². The third kappa shape index (κ3) is 3.52. The summed E-state index contributed by atoms with van der Waals surface area (Å²) in [7, 11) is 2.08. The predicted octanol–water partition coefficient (Wildman–Crippen LogP) is 2.21. The molecule has 3 aromatic rings. The lowest BCUT2D eigenvalue weighted by Gasteiger charge is -2.39. The summed E-state index contributed by atoms with van der Waals surface area (Å²) in [6, 6.07) is 10.1. The van der Waals surface area contributed by atoms with E-state index in [1.54, 1.807) is 0 Å². The van der Waals surface area contributed by atoms with Gasteiger partial charge in [-0.05, 0) is 45.0 Å². The van der Waals surface area contributed by atoms with Crippen LogP contribution in [0.4, 0.5) is 11.6 Å². The Morgan fingerprint density at radius 3 is 2.67 bits per heavy atom. The molecule has 30 heavy (non-hydrogen) atoms. The number of nitrogens with one attached hydrogen (secondary N) is 2. The van der Waals surface area contributed by atoms with Crippen molar-refractivity contribution in [2.45, 2.75) is 25.7 Å². The summed E-state index contributed by atoms with van der Waals surface area (Å²) in [5.74, 6) is 3.70. The molecule has 0 atom stereocenters. The zero-order valence-corrected chi connectivity index (χ0v) is 17.4. The number of aromatic nitrogens is 4. The summed E-state index contributed by atoms with van der Waals surface area (Å²) in [4.78, 5) is 28.7. The van der Waals surface area contributed by atoms with Gasteiger partial charge in [-0.1, -0.05) is 12.1 Å². The lowest BCUT2D eigenvalue weighted by Crippen LogP contribution is -2.46. The van der Waals surface area contributed by atoms with Gasteiger partial charge in [0, 0.05) is 32.1 Å². The smallest absolute Gasteiger partial charge is 0.228 e. The molecule has 8 nitrogen and oxygen atoms in total. The van der Waals surface area contributed by atoms with Gasteiger partial charge >= 0.3 is 0 Å². The Hall–Kier alpha value is -3.00. The number of fused-ring (bicyclic) bond motifs is 1. The highest BCUT2D eigenvalue weighted by molar-refractivity contribution is 5.92. The Balaban J connectivity index is 1.28. The van der Waals surface area contributed by atoms with Crippen molar-refractivity contribution in [3.8, 4) is 0 Å². The minimum absolute atomic E-state index is 0.0518. The maximum Gasteiger partial charge on any atom is 0.228 e. The molecule has 2 fully saturated rings. The van der Waals surface area contributed by atoms with Gasteiger partial charge in [0.1, 0.15) is 23.3 Å². The lowest BCUT2D eigenvalue weighted by molar-refractivity contribution is -0.120. The van der Waals surface area contributed by atoms with Crippen LogP contribution in [-0.2, 0) is 11.8 Å². The third-order valence-electron chi connectivity index (χ3n) is 6.18. The molecule has 0 saturated carbocycles. The fourth-order valence-corrected chi connectivity index (χ4v) is 4.45. The maximum atomic E-state index is 12.6. The molecule has 2 aromatic heterocycles. The van der Waals surface area contributed by atoms with Crippen LogP contribution in [0.5, 0.6) is 0 Å². The Morgan fingerprint density at radius 2 is 1.90 bits per heavy atom. The molecule has 1 aromatic carbocycles. The summed E-state index contributed by atoms with van der Waals surface area (Å²) in [6.45, 7) is 5.37. The largest absolute Gasteiger partial charge is 0.355 e. The third-order valence-corrected chi connectivity index (χ3v) is 6.18. The molecule has 0 radical (unpaired) electrons. The molecule has 0 bridgehead atoms. The Morgan fingerprint density at radius 1 is 1.13 bits per heavy atom. The van der Waals surface area contributed by atoms with E-state index >= 15 is 0 Å². The number of para-hydroxylation sites is 2. The Bertz CT molecular complexity index is 1080. The number of nitrogens with zero attached hydrogens (tertiary/aromatic N) is 5. The molecule has 156 valence electrons. The number of rotatable bonds is 4. The number of carbonyl (C=O) groups is 1. The van der Waals surface area contributed by atoms with E-state index in [-0.39, 0.29) is 11.8 Å². The first-order chi connectivity index (χ1) is 14.6. The topological polar surface area (TPSA) is 88.0 Å². The standard InChI is InChI=1S/C22H27N7O/c1-14-24-19(27-22(30)15-7-9-23-10-8-15)11-20(25-14)29-12-16(13-29)21-26-17-5-3-4-6-18(17)28(21)2/h3-6,11,15-16,23H,7-10,12-13H2,1-2H3,(H,24,25,27,30). The monoisotopic (exact) mass is 405 g/mol. The summed E-state index contributed by atoms with van der Waals surface area (Å²) in [6.07, 6.45) is 1.74. The molecule has 2 saturated heterocycles. The maximum absolute atomic E-state index is 12.6. The van der Waals surface area contributed by atoms with Gasteiger partial charge in [-0.2, -0.15) is 0 Å². The van der Waals surface area contributed by atoms with Crippen LogP contribution in [0.1, 0.15) is 30.4 Å². The molecule has 0 unspecified atom stereocenters. The van der Waals surface area contributed by atoms with Crippen LogP contribution in [0.3, 0.4) is 0 Å². The number of carbonyl (C=O) groups excluding carboxylic acids is 1. The van der Waals surface area contributed by atoms with Gasteiger partial charge in [0.2, 0.25) is 5.91 Å². The highest BCUT2D eigenvalue weighted by Gasteiger charge is 2.33. The number of piperidine rings is 1. The van der Waals surface area contributed by atoms with Crippen molar-refractivity contribution in [2.24, 2.45) is 13.0 Å². The number of hydrogen-bond acceptors (Lipinski definition) is 6. The van der Waals surface area contributed by atoms with Gasteiger partial charge in [-0.15, -0.1) is 0 Å². The predicted molar refractivity (Wildman–Crippen MR) is 117 cm³/mol. The van der Waals surface area contributed by atoms with Crippen molar-refractivity contribution >= 4 is 28.6 Å². The second-order valence-electron chi connectivity index (χ2n) is 8.29. The van der Waals surface area contributed by atoms with Crippen LogP contribution in [0.2, 0.25) is 0 Å². The summed E-state index contributed by atoms with van der Waals surface area (Å²) in [5.41, 5.74) is 2.20. The molecule has 2 N–H and O–H groups in total. The number of aryl methyl sites for hydroxylation is 2. The minimum Gasteiger partial charge on any atom is -0.355 e. The molecule has 1 amide bonds. The number of imidazole rings is 1. The molecule has 4 heterocycles. The minimum atomic E-state index is 0.0518. The molecule has 5 rings (SSSR count). The Kier molecular flexibility index (Phi) is 4.86. The van der Waals surface area contributed by atoms with Crippen LogP contribution in [0.15, 0.2) is 30.3 Å². The molecule has 0 aliphatic carbocycles. The SMILES string of the molecule is Cc1nc(NC(=O)C2CCNCC2)cc(N2CC(c3nc4ccccc4n3C)C2)n1. The van der Waals surface area contributed by atoms with Crippen LogP contribution >= 0.6 is 0 Å². The second kappa shape index (κ2) is 7.68. The average molecular weight is 406 g/mol. The highest BCUT2D eigenvalue weighted by Crippen LogP contribution is 2.32. The molecule has 2 aliphatic heterocycles. The van der Waals surface area contributed by atoms with E-state index in [2.05, 4.69) is 49.2 Å². The van der Waals surface area contributed by atoms with E-state index in [0.29, 0.717) is 17.6 Å². The first-order valence-corrected chi connectivity index (χ1v) is 10.6. The van der Waals surface area contributed by atoms with Crippen molar-refractivity contribution < 1.29 is 4.79 Å². The van der Waals surface area contributed by atoms with Gasteiger partial charge in [0.05, 0.1) is 17.0 Å². The molecular weight excluding hydrogens is 378 g/mol. The molecule has 2 aliphatic rings. The molecular formula is C22H27N7O. The quantitative estimate of drug-likeness (QED) is 0.692. The van der Waals surface area contributed by atoms with Crippen molar-refractivity contribution in [2.75, 3.05) is 36.4 Å². The van der Waals surface area contributed by atoms with Gasteiger partial charge < -0.3 is 20.1 Å². The highest BCUT2D eigenvalue weighted by atomic mass is 16.1. The summed E-state index contributed by atoms with van der Waals surface area (Å²) < 4.78 is 2.19. The molecule has 0 spiro atoms. The van der Waals surface area contributed by atoms with Crippen LogP contribution in [0.25, 0.3) is 11.0 Å². The first-order valence-electron chi connectivity index (χ1n) is 10.6. The van der Waals surface area contributed by atoms with E-state index in [4.69, 9.17) is 4.98 Å². The fourth-order valence-electron chi connectivity index (χ4n) is 4.45. The average Bonchev–Trinajstić information content (AvgIpc) is 3.04. The zero-order valence-electron chi connectivity index (χ0n) is 17.4. The normalized spacial score (nSPS) is 17.9. The second-order valence-corrected chi connectivity index (χ2v) is 8.29. The van der Waals surface area contributed by atoms with E-state index in [1.807, 2.05) is 25.1 Å². The van der Waals surface area contributed by atoms with Gasteiger partial charge in [-0.3, -0.25) is 4.79 Å². The van der Waals surface area contributed by atoms with Crippen molar-refractivity contribution in [1.82, 2.24) is 24.8 Å². The fraction of sp³-hybridized carbons (Fsp3) is 0.455. The number of benzene rings is 1. The van der Waals surface area contributed by atoms with Crippen LogP contribution in [0, 0.1) is 12.8 Å². The summed E-state index contributed by atoms with van der Waals surface area (Å²) in [5, 5.41) is 6.30. The first kappa shape index (κ1) is 19.0. The van der Waals surface area contributed by atoms with Crippen molar-refractivity contribution in [3.05, 3.63) is 42.0 Å². The Labute approximate surface area is 175 Å².